The summed E-state index contributed by atoms with van der Waals surface area (Å²) in [5.74, 6) is -0.347. The fourth-order valence-electron chi connectivity index (χ4n) is 3.45. The second kappa shape index (κ2) is 7.44. The summed E-state index contributed by atoms with van der Waals surface area (Å²) in [6.07, 6.45) is 1.84. The van der Waals surface area contributed by atoms with Crippen LogP contribution in [0.3, 0.4) is 0 Å². The average molecular weight is 403 g/mol. The molecule has 150 valence electrons. The Morgan fingerprint density at radius 2 is 2.07 bits per heavy atom. The van der Waals surface area contributed by atoms with Crippen LogP contribution in [0, 0.1) is 24.1 Å². The molecule has 0 radical (unpaired) electrons. The van der Waals surface area contributed by atoms with E-state index in [1.807, 2.05) is 20.2 Å². The Hall–Kier alpha value is -3.99. The van der Waals surface area contributed by atoms with Gasteiger partial charge in [-0.15, -0.1) is 0 Å². The molecule has 0 saturated carbocycles. The van der Waals surface area contributed by atoms with E-state index in [2.05, 4.69) is 10.1 Å². The lowest BCUT2D eigenvalue weighted by Crippen LogP contribution is -2.16. The summed E-state index contributed by atoms with van der Waals surface area (Å²) in [5, 5.41) is 14.1. The van der Waals surface area contributed by atoms with Gasteiger partial charge in [0.25, 0.3) is 0 Å². The number of carbonyl (C=O) groups excluding carboxylic acids is 1. The molecule has 4 aromatic rings. The zero-order valence-corrected chi connectivity index (χ0v) is 16.7. The maximum absolute atomic E-state index is 14.1. The van der Waals surface area contributed by atoms with Crippen molar-refractivity contribution in [2.75, 3.05) is 0 Å². The second-order valence-electron chi connectivity index (χ2n) is 6.83. The van der Waals surface area contributed by atoms with E-state index in [0.29, 0.717) is 35.1 Å². The standard InChI is InChI=1S/C22H18FN5O2/c1-4-28-20(13(2)25-21(28)14-5-6-15(11-24)18(23)10-14)22(29)30-17-7-8-19-16(9-17)12-27(3)26-19/h5-10,12H,4H2,1-3H3. The molecule has 7 nitrogen and oxygen atoms in total. The van der Waals surface area contributed by atoms with Crippen LogP contribution in [0.5, 0.6) is 5.75 Å². The van der Waals surface area contributed by atoms with Gasteiger partial charge in [0.15, 0.2) is 5.69 Å². The molecule has 2 heterocycles. The number of nitriles is 1. The Bertz CT molecular complexity index is 1330. The largest absolute Gasteiger partial charge is 0.422 e. The molecule has 0 bridgehead atoms. The van der Waals surface area contributed by atoms with E-state index in [-0.39, 0.29) is 5.56 Å². The number of esters is 1. The minimum Gasteiger partial charge on any atom is -0.422 e. The number of imidazole rings is 1. The van der Waals surface area contributed by atoms with Gasteiger partial charge < -0.3 is 9.30 Å². The number of fused-ring (bicyclic) bond motifs is 1. The Balaban J connectivity index is 1.70. The number of aromatic nitrogens is 4. The number of hydrogen-bond donors (Lipinski definition) is 0. The number of benzene rings is 2. The number of halogens is 1. The zero-order chi connectivity index (χ0) is 21.4. The molecule has 4 rings (SSSR count). The summed E-state index contributed by atoms with van der Waals surface area (Å²) in [5.41, 5.74) is 2.01. The highest BCUT2D eigenvalue weighted by Crippen LogP contribution is 2.26. The smallest absolute Gasteiger partial charge is 0.362 e. The Labute approximate surface area is 171 Å². The molecule has 8 heteroatoms. The lowest BCUT2D eigenvalue weighted by Gasteiger charge is -2.10. The molecule has 0 aliphatic rings. The zero-order valence-electron chi connectivity index (χ0n) is 16.7. The number of nitrogens with zero attached hydrogens (tertiary/aromatic N) is 5. The van der Waals surface area contributed by atoms with Gasteiger partial charge in [-0.3, -0.25) is 4.68 Å². The van der Waals surface area contributed by atoms with Gasteiger partial charge in [-0.25, -0.2) is 14.2 Å². The van der Waals surface area contributed by atoms with E-state index < -0.39 is 11.8 Å². The maximum atomic E-state index is 14.1. The summed E-state index contributed by atoms with van der Waals surface area (Å²) < 4.78 is 23.1. The van der Waals surface area contributed by atoms with Crippen molar-refractivity contribution in [2.24, 2.45) is 7.05 Å². The van der Waals surface area contributed by atoms with E-state index in [9.17, 15) is 9.18 Å². The molecule has 30 heavy (non-hydrogen) atoms. The predicted molar refractivity (Wildman–Crippen MR) is 108 cm³/mol. The van der Waals surface area contributed by atoms with Crippen LogP contribution in [0.2, 0.25) is 0 Å². The minimum absolute atomic E-state index is 0.0458. The van der Waals surface area contributed by atoms with Crippen molar-refractivity contribution in [2.45, 2.75) is 20.4 Å². The second-order valence-corrected chi connectivity index (χ2v) is 6.83. The number of carbonyl (C=O) groups is 1. The number of hydrogen-bond acceptors (Lipinski definition) is 5. The van der Waals surface area contributed by atoms with E-state index >= 15 is 0 Å². The van der Waals surface area contributed by atoms with Crippen LogP contribution in [-0.2, 0) is 13.6 Å². The number of ether oxygens (including phenoxy) is 1. The lowest BCUT2D eigenvalue weighted by molar-refractivity contribution is 0.0723. The quantitative estimate of drug-likeness (QED) is 0.380. The third-order valence-electron chi connectivity index (χ3n) is 4.80. The Morgan fingerprint density at radius 1 is 1.27 bits per heavy atom. The van der Waals surface area contributed by atoms with Crippen LogP contribution in [0.4, 0.5) is 4.39 Å². The summed E-state index contributed by atoms with van der Waals surface area (Å²) in [7, 11) is 1.82. The minimum atomic E-state index is -0.632. The van der Waals surface area contributed by atoms with Gasteiger partial charge in [0.1, 0.15) is 23.5 Å². The monoisotopic (exact) mass is 403 g/mol. The van der Waals surface area contributed by atoms with E-state index in [1.165, 1.54) is 12.1 Å². The van der Waals surface area contributed by atoms with Crippen molar-refractivity contribution in [1.82, 2.24) is 19.3 Å². The van der Waals surface area contributed by atoms with Gasteiger partial charge in [-0.1, -0.05) is 0 Å². The first-order valence-electron chi connectivity index (χ1n) is 9.34. The molecule has 0 saturated heterocycles. The first-order chi connectivity index (χ1) is 14.4. The van der Waals surface area contributed by atoms with Gasteiger partial charge >= 0.3 is 5.97 Å². The van der Waals surface area contributed by atoms with E-state index in [0.717, 1.165) is 10.9 Å². The van der Waals surface area contributed by atoms with Crippen molar-refractivity contribution < 1.29 is 13.9 Å². The van der Waals surface area contributed by atoms with Gasteiger partial charge in [0, 0.05) is 30.7 Å². The molecule has 0 aliphatic carbocycles. The van der Waals surface area contributed by atoms with Crippen molar-refractivity contribution in [1.29, 1.82) is 5.26 Å². The average Bonchev–Trinajstić information content (AvgIpc) is 3.25. The molecule has 0 amide bonds. The molecule has 2 aromatic carbocycles. The first kappa shape index (κ1) is 19.3. The Morgan fingerprint density at radius 3 is 2.77 bits per heavy atom. The predicted octanol–water partition coefficient (Wildman–Crippen LogP) is 4.00. The molecule has 0 unspecified atom stereocenters. The van der Waals surface area contributed by atoms with Crippen LogP contribution < -0.4 is 4.74 Å². The van der Waals surface area contributed by atoms with Gasteiger partial charge in [0.05, 0.1) is 16.8 Å². The van der Waals surface area contributed by atoms with E-state index in [1.54, 1.807) is 46.5 Å². The summed E-state index contributed by atoms with van der Waals surface area (Å²) in [4.78, 5) is 17.4. The topological polar surface area (TPSA) is 85.7 Å². The van der Waals surface area contributed by atoms with Crippen LogP contribution in [0.1, 0.15) is 28.7 Å². The summed E-state index contributed by atoms with van der Waals surface area (Å²) in [6.45, 7) is 4.00. The summed E-state index contributed by atoms with van der Waals surface area (Å²) >= 11 is 0. The highest BCUT2D eigenvalue weighted by atomic mass is 19.1. The SMILES string of the molecule is CCn1c(-c2ccc(C#N)c(F)c2)nc(C)c1C(=O)Oc1ccc2nn(C)cc2c1. The normalized spacial score (nSPS) is 10.9. The van der Waals surface area contributed by atoms with Gasteiger partial charge in [-0.2, -0.15) is 10.4 Å². The fourth-order valence-corrected chi connectivity index (χ4v) is 3.45. The molecular weight excluding hydrogens is 385 g/mol. The van der Waals surface area contributed by atoms with Gasteiger partial charge in [-0.05, 0) is 50.2 Å². The number of rotatable bonds is 4. The molecule has 0 spiro atoms. The first-order valence-corrected chi connectivity index (χ1v) is 9.34. The molecule has 0 aliphatic heterocycles. The van der Waals surface area contributed by atoms with Crippen LogP contribution >= 0.6 is 0 Å². The van der Waals surface area contributed by atoms with Crippen molar-refractivity contribution in [3.63, 3.8) is 0 Å². The molecule has 0 atom stereocenters. The Kier molecular flexibility index (Phi) is 4.80. The molecule has 0 N–H and O–H groups in total. The summed E-state index contributed by atoms with van der Waals surface area (Å²) in [6, 6.07) is 11.3. The van der Waals surface area contributed by atoms with Crippen molar-refractivity contribution >= 4 is 16.9 Å². The van der Waals surface area contributed by atoms with Crippen molar-refractivity contribution in [3.8, 4) is 23.2 Å². The van der Waals surface area contributed by atoms with Crippen LogP contribution in [-0.4, -0.2) is 25.3 Å². The molecule has 0 fully saturated rings. The lowest BCUT2D eigenvalue weighted by atomic mass is 10.1. The third-order valence-corrected chi connectivity index (χ3v) is 4.80. The van der Waals surface area contributed by atoms with Crippen molar-refractivity contribution in [3.05, 3.63) is 65.4 Å². The molecule has 2 aromatic heterocycles. The highest BCUT2D eigenvalue weighted by molar-refractivity contribution is 5.92. The van der Waals surface area contributed by atoms with Crippen LogP contribution in [0.25, 0.3) is 22.3 Å². The third kappa shape index (κ3) is 3.31. The maximum Gasteiger partial charge on any atom is 0.362 e. The van der Waals surface area contributed by atoms with E-state index in [4.69, 9.17) is 10.00 Å². The number of aryl methyl sites for hydroxylation is 2. The highest BCUT2D eigenvalue weighted by Gasteiger charge is 2.23. The fraction of sp³-hybridized carbons (Fsp3) is 0.182. The van der Waals surface area contributed by atoms with Crippen LogP contribution in [0.15, 0.2) is 42.6 Å². The van der Waals surface area contributed by atoms with Gasteiger partial charge in [0.2, 0.25) is 0 Å². The molecular formula is C22H18FN5O2.